The van der Waals surface area contributed by atoms with Crippen LogP contribution in [0, 0.1) is 0 Å². The van der Waals surface area contributed by atoms with Crippen LogP contribution in [0.5, 0.6) is 11.5 Å². The minimum atomic E-state index is -1.54. The van der Waals surface area contributed by atoms with E-state index < -0.39 is 41.3 Å². The number of aliphatic hydroxyl groups is 2. The molecule has 9 heteroatoms. The number of benzene rings is 2. The van der Waals surface area contributed by atoms with E-state index in [-0.39, 0.29) is 24.0 Å². The summed E-state index contributed by atoms with van der Waals surface area (Å²) in [5.41, 5.74) is 0.0576. The maximum Gasteiger partial charge on any atom is 0.352 e. The van der Waals surface area contributed by atoms with Crippen LogP contribution in [-0.4, -0.2) is 69.6 Å². The summed E-state index contributed by atoms with van der Waals surface area (Å²) < 4.78 is 17.3. The number of esters is 2. The lowest BCUT2D eigenvalue weighted by Crippen LogP contribution is -2.69. The molecule has 0 unspecified atom stereocenters. The molecule has 4 aliphatic rings. The highest BCUT2D eigenvalue weighted by Gasteiger charge is 2.71. The zero-order valence-corrected chi connectivity index (χ0v) is 21.3. The van der Waals surface area contributed by atoms with Gasteiger partial charge in [0.25, 0.3) is 0 Å². The Balaban J connectivity index is 1.28. The fourth-order valence-electron chi connectivity index (χ4n) is 6.95. The first-order valence-electron chi connectivity index (χ1n) is 13.0. The predicted molar refractivity (Wildman–Crippen MR) is 134 cm³/mol. The van der Waals surface area contributed by atoms with Gasteiger partial charge in [-0.05, 0) is 63.0 Å². The monoisotopic (exact) mass is 521 g/mol. The SMILES string of the molecule is C[C@H](OC(=O)[C@@H](O)c1ccccc1)C(=O)OC1=CC[C@@]2(O)[C@H]3Cc4ccc(O)c5c4[C@@]2(CCCN3C)[C@H]1O5. The first-order chi connectivity index (χ1) is 18.2. The maximum atomic E-state index is 13.1. The van der Waals surface area contributed by atoms with Crippen LogP contribution in [0.3, 0.4) is 0 Å². The molecule has 38 heavy (non-hydrogen) atoms. The van der Waals surface area contributed by atoms with Gasteiger partial charge in [-0.2, -0.15) is 0 Å². The Morgan fingerprint density at radius 2 is 1.92 bits per heavy atom. The fraction of sp³-hybridized carbons (Fsp3) is 0.448. The van der Waals surface area contributed by atoms with E-state index in [2.05, 4.69) is 4.90 Å². The maximum absolute atomic E-state index is 13.1. The first kappa shape index (κ1) is 24.9. The number of hydrogen-bond donors (Lipinski definition) is 3. The standard InChI is InChI=1S/C29H31NO8/c1-16(36-27(34)23(32)17-7-4-3-5-8-17)26(33)37-20-11-13-29(35)21-15-18-9-10-19(31)24-22(18)28(29,25(20)38-24)12-6-14-30(21)2/h3-5,7-11,16,21,23,25,31-32,35H,6,12-15H2,1-2H3/t16-,21+,23-,25-,28-,29+/m0/s1. The molecule has 2 bridgehead atoms. The lowest BCUT2D eigenvalue weighted by molar-refractivity contribution is -0.172. The highest BCUT2D eigenvalue weighted by molar-refractivity contribution is 5.82. The number of phenolic OH excluding ortho intramolecular Hbond substituents is 1. The molecule has 9 nitrogen and oxygen atoms in total. The number of rotatable bonds is 5. The number of hydrogen-bond acceptors (Lipinski definition) is 9. The van der Waals surface area contributed by atoms with Crippen molar-refractivity contribution in [2.45, 2.75) is 68.0 Å². The summed E-state index contributed by atoms with van der Waals surface area (Å²) in [5, 5.41) is 33.3. The van der Waals surface area contributed by atoms with Gasteiger partial charge in [-0.25, -0.2) is 9.59 Å². The van der Waals surface area contributed by atoms with E-state index in [1.165, 1.54) is 6.92 Å². The van der Waals surface area contributed by atoms with Crippen LogP contribution in [0.15, 0.2) is 54.3 Å². The van der Waals surface area contributed by atoms with E-state index in [9.17, 15) is 24.9 Å². The molecular weight excluding hydrogens is 490 g/mol. The second-order valence-electron chi connectivity index (χ2n) is 10.8. The van der Waals surface area contributed by atoms with E-state index in [0.29, 0.717) is 24.2 Å². The predicted octanol–water partition coefficient (Wildman–Crippen LogP) is 2.27. The summed E-state index contributed by atoms with van der Waals surface area (Å²) in [7, 11) is 2.01. The molecule has 2 heterocycles. The van der Waals surface area contributed by atoms with Crippen LogP contribution in [0.1, 0.15) is 49.0 Å². The van der Waals surface area contributed by atoms with Crippen LogP contribution < -0.4 is 4.74 Å². The molecule has 2 aliphatic heterocycles. The molecule has 1 saturated heterocycles. The van der Waals surface area contributed by atoms with Crippen molar-refractivity contribution in [3.63, 3.8) is 0 Å². The number of nitrogens with zero attached hydrogens (tertiary/aromatic N) is 1. The molecule has 6 rings (SSSR count). The molecule has 1 spiro atoms. The normalized spacial score (nSPS) is 30.7. The van der Waals surface area contributed by atoms with Gasteiger partial charge in [0, 0.05) is 18.0 Å². The number of likely N-dealkylation sites (tertiary alicyclic amines) is 1. The molecule has 2 aromatic rings. The van der Waals surface area contributed by atoms with Crippen LogP contribution in [-0.2, 0) is 30.9 Å². The van der Waals surface area contributed by atoms with Gasteiger partial charge in [0.05, 0.1) is 11.0 Å². The van der Waals surface area contributed by atoms with Crippen LogP contribution in [0.4, 0.5) is 0 Å². The zero-order valence-electron chi connectivity index (χ0n) is 21.3. The summed E-state index contributed by atoms with van der Waals surface area (Å²) in [6, 6.07) is 11.6. The number of carbonyl (C=O) groups is 2. The van der Waals surface area contributed by atoms with Crippen LogP contribution in [0.2, 0.25) is 0 Å². The van der Waals surface area contributed by atoms with Gasteiger partial charge in [-0.1, -0.05) is 36.4 Å². The van der Waals surface area contributed by atoms with E-state index >= 15 is 0 Å². The smallest absolute Gasteiger partial charge is 0.352 e. The molecule has 1 fully saturated rings. The summed E-state index contributed by atoms with van der Waals surface area (Å²) in [5.74, 6) is -1.27. The molecule has 0 radical (unpaired) electrons. The van der Waals surface area contributed by atoms with Gasteiger partial charge in [-0.3, -0.25) is 0 Å². The molecule has 6 atom stereocenters. The Bertz CT molecular complexity index is 1330. The van der Waals surface area contributed by atoms with E-state index in [0.717, 1.165) is 24.1 Å². The Morgan fingerprint density at radius 3 is 2.68 bits per heavy atom. The Kier molecular flexibility index (Phi) is 5.79. The number of likely N-dealkylation sites (N-methyl/N-ethyl adjacent to an activating group) is 1. The van der Waals surface area contributed by atoms with E-state index in [1.807, 2.05) is 13.1 Å². The van der Waals surface area contributed by atoms with Crippen LogP contribution in [0.25, 0.3) is 0 Å². The number of aliphatic hydroxyl groups excluding tert-OH is 1. The van der Waals surface area contributed by atoms with Crippen molar-refractivity contribution in [3.05, 3.63) is 71.0 Å². The quantitative estimate of drug-likeness (QED) is 0.508. The van der Waals surface area contributed by atoms with Gasteiger partial charge in [0.1, 0.15) is 5.76 Å². The van der Waals surface area contributed by atoms with Crippen molar-refractivity contribution >= 4 is 11.9 Å². The topological polar surface area (TPSA) is 126 Å². The van der Waals surface area contributed by atoms with Crippen molar-refractivity contribution in [2.24, 2.45) is 0 Å². The number of ether oxygens (including phenoxy) is 3. The van der Waals surface area contributed by atoms with Gasteiger partial charge < -0.3 is 34.4 Å². The number of aromatic hydroxyl groups is 1. The molecule has 3 N–H and O–H groups in total. The summed E-state index contributed by atoms with van der Waals surface area (Å²) >= 11 is 0. The zero-order chi connectivity index (χ0) is 26.8. The second kappa shape index (κ2) is 8.83. The molecule has 200 valence electrons. The Hall–Kier alpha value is -3.40. The van der Waals surface area contributed by atoms with Crippen molar-refractivity contribution in [1.29, 1.82) is 0 Å². The summed E-state index contributed by atoms with van der Waals surface area (Å²) in [6.45, 7) is 2.17. The lowest BCUT2D eigenvalue weighted by atomic mass is 9.52. The molecule has 0 amide bonds. The molecule has 2 aromatic carbocycles. The minimum Gasteiger partial charge on any atom is -0.504 e. The van der Waals surface area contributed by atoms with Gasteiger partial charge in [0.2, 0.25) is 0 Å². The van der Waals surface area contributed by atoms with Crippen molar-refractivity contribution < 1.29 is 39.1 Å². The summed E-state index contributed by atoms with van der Waals surface area (Å²) in [6.07, 6.45) is 0.232. The number of carbonyl (C=O) groups excluding carboxylic acids is 2. The highest BCUT2D eigenvalue weighted by atomic mass is 16.6. The van der Waals surface area contributed by atoms with Gasteiger partial charge in [0.15, 0.2) is 29.8 Å². The van der Waals surface area contributed by atoms with Gasteiger partial charge in [-0.15, -0.1) is 0 Å². The lowest BCUT2D eigenvalue weighted by Gasteiger charge is -2.56. The van der Waals surface area contributed by atoms with Gasteiger partial charge >= 0.3 is 11.9 Å². The van der Waals surface area contributed by atoms with E-state index in [4.69, 9.17) is 14.2 Å². The Morgan fingerprint density at radius 1 is 1.16 bits per heavy atom. The average Bonchev–Trinajstić information content (AvgIpc) is 3.25. The van der Waals surface area contributed by atoms with Crippen LogP contribution >= 0.6 is 0 Å². The minimum absolute atomic E-state index is 0.0196. The first-order valence-corrected chi connectivity index (χ1v) is 13.0. The van der Waals surface area contributed by atoms with E-state index in [1.54, 1.807) is 42.5 Å². The number of phenols is 1. The molecule has 0 aromatic heterocycles. The third-order valence-corrected chi connectivity index (χ3v) is 8.76. The Labute approximate surface area is 220 Å². The third-order valence-electron chi connectivity index (χ3n) is 8.76. The van der Waals surface area contributed by atoms with Crippen molar-refractivity contribution in [1.82, 2.24) is 4.90 Å². The largest absolute Gasteiger partial charge is 0.504 e. The molecule has 0 saturated carbocycles. The fourth-order valence-corrected chi connectivity index (χ4v) is 6.95. The highest BCUT2D eigenvalue weighted by Crippen LogP contribution is 2.64. The van der Waals surface area contributed by atoms with Crippen molar-refractivity contribution in [2.75, 3.05) is 13.6 Å². The van der Waals surface area contributed by atoms with Crippen molar-refractivity contribution in [3.8, 4) is 11.5 Å². The second-order valence-corrected chi connectivity index (χ2v) is 10.8. The molecular formula is C29H31NO8. The summed E-state index contributed by atoms with van der Waals surface area (Å²) in [4.78, 5) is 27.7. The average molecular weight is 522 g/mol. The third kappa shape index (κ3) is 3.42. The molecule has 2 aliphatic carbocycles.